The number of unbranched alkanes of at least 4 members (excludes halogenated alkanes) is 1. The van der Waals surface area contributed by atoms with E-state index >= 15 is 0 Å². The van der Waals surface area contributed by atoms with Gasteiger partial charge >= 0.3 is 5.97 Å². The van der Waals surface area contributed by atoms with E-state index < -0.39 is 5.97 Å². The molecule has 1 aromatic carbocycles. The molecule has 0 spiro atoms. The van der Waals surface area contributed by atoms with Crippen LogP contribution in [-0.4, -0.2) is 46.1 Å². The quantitative estimate of drug-likeness (QED) is 0.185. The van der Waals surface area contributed by atoms with Crippen LogP contribution in [0.25, 0.3) is 11.4 Å². The Morgan fingerprint density at radius 3 is 2.70 bits per heavy atom. The SMILES string of the molecule is CCCCOc1ccc(-c2nnc(SCC(=O)Nc3sc4c(c3C(=O)OC)CCC(C)C4)n2CC)cc1. The van der Waals surface area contributed by atoms with Gasteiger partial charge in [0.05, 0.1) is 25.0 Å². The number of carbonyl (C=O) groups is 2. The van der Waals surface area contributed by atoms with Crippen molar-refractivity contribution in [3.63, 3.8) is 0 Å². The molecule has 1 aliphatic rings. The minimum Gasteiger partial charge on any atom is -0.494 e. The standard InChI is InChI=1S/C27H34N4O4S2/c1-5-7-14-35-19-11-9-18(10-12-19)24-29-30-27(31(24)6-2)36-16-22(32)28-25-23(26(33)34-4)20-13-8-17(3)15-21(20)37-25/h9-12,17H,5-8,13-16H2,1-4H3,(H,28,32). The Balaban J connectivity index is 1.43. The van der Waals surface area contributed by atoms with Crippen LogP contribution < -0.4 is 10.1 Å². The van der Waals surface area contributed by atoms with Crippen molar-refractivity contribution >= 4 is 40.0 Å². The van der Waals surface area contributed by atoms with Crippen molar-refractivity contribution in [2.24, 2.45) is 5.92 Å². The zero-order valence-corrected chi connectivity index (χ0v) is 23.5. The van der Waals surface area contributed by atoms with Gasteiger partial charge in [-0.25, -0.2) is 4.79 Å². The molecule has 1 atom stereocenters. The van der Waals surface area contributed by atoms with Gasteiger partial charge in [0.25, 0.3) is 0 Å². The topological polar surface area (TPSA) is 95.3 Å². The summed E-state index contributed by atoms with van der Waals surface area (Å²) >= 11 is 2.82. The summed E-state index contributed by atoms with van der Waals surface area (Å²) in [5.74, 6) is 1.72. The molecule has 10 heteroatoms. The minimum absolute atomic E-state index is 0.155. The lowest BCUT2D eigenvalue weighted by Gasteiger charge is -2.18. The second-order valence-electron chi connectivity index (χ2n) is 9.16. The number of hydrogen-bond acceptors (Lipinski definition) is 8. The smallest absolute Gasteiger partial charge is 0.341 e. The fourth-order valence-corrected chi connectivity index (χ4v) is 6.60. The third-order valence-electron chi connectivity index (χ3n) is 6.40. The van der Waals surface area contributed by atoms with Gasteiger partial charge in [0.15, 0.2) is 11.0 Å². The third kappa shape index (κ3) is 6.35. The van der Waals surface area contributed by atoms with Crippen LogP contribution in [0.5, 0.6) is 5.75 Å². The number of thioether (sulfide) groups is 1. The summed E-state index contributed by atoms with van der Waals surface area (Å²) in [5.41, 5.74) is 2.47. The number of esters is 1. The molecule has 1 N–H and O–H groups in total. The van der Waals surface area contributed by atoms with E-state index in [-0.39, 0.29) is 11.7 Å². The highest BCUT2D eigenvalue weighted by atomic mass is 32.2. The summed E-state index contributed by atoms with van der Waals surface area (Å²) in [6.45, 7) is 7.75. The Labute approximate surface area is 226 Å². The molecule has 0 saturated carbocycles. The lowest BCUT2D eigenvalue weighted by atomic mass is 9.88. The molecule has 1 unspecified atom stereocenters. The normalized spacial score (nSPS) is 14.8. The first kappa shape index (κ1) is 27.2. The van der Waals surface area contributed by atoms with Crippen molar-refractivity contribution in [1.29, 1.82) is 0 Å². The second-order valence-corrected chi connectivity index (χ2v) is 11.2. The zero-order valence-electron chi connectivity index (χ0n) is 21.8. The van der Waals surface area contributed by atoms with Crippen LogP contribution in [0.3, 0.4) is 0 Å². The van der Waals surface area contributed by atoms with Crippen LogP contribution >= 0.6 is 23.1 Å². The number of nitrogens with zero attached hydrogens (tertiary/aromatic N) is 3. The van der Waals surface area contributed by atoms with Gasteiger partial charge in [-0.15, -0.1) is 21.5 Å². The number of rotatable bonds is 11. The van der Waals surface area contributed by atoms with Crippen molar-refractivity contribution in [3.05, 3.63) is 40.3 Å². The second kappa shape index (κ2) is 12.6. The summed E-state index contributed by atoms with van der Waals surface area (Å²) in [6.07, 6.45) is 4.90. The van der Waals surface area contributed by atoms with Crippen molar-refractivity contribution in [1.82, 2.24) is 14.8 Å². The fraction of sp³-hybridized carbons (Fsp3) is 0.481. The van der Waals surface area contributed by atoms with Crippen LogP contribution in [0.15, 0.2) is 29.4 Å². The van der Waals surface area contributed by atoms with Crippen molar-refractivity contribution < 1.29 is 19.1 Å². The largest absolute Gasteiger partial charge is 0.494 e. The number of aromatic nitrogens is 3. The molecule has 0 radical (unpaired) electrons. The maximum atomic E-state index is 12.9. The van der Waals surface area contributed by atoms with E-state index in [4.69, 9.17) is 9.47 Å². The molecule has 37 heavy (non-hydrogen) atoms. The van der Waals surface area contributed by atoms with Gasteiger partial charge < -0.3 is 19.4 Å². The van der Waals surface area contributed by atoms with Gasteiger partial charge in [0.2, 0.25) is 5.91 Å². The average Bonchev–Trinajstić information content (AvgIpc) is 3.47. The highest BCUT2D eigenvalue weighted by Crippen LogP contribution is 2.40. The molecular formula is C27H34N4O4S2. The van der Waals surface area contributed by atoms with Gasteiger partial charge in [-0.1, -0.05) is 32.0 Å². The molecule has 1 aliphatic carbocycles. The number of ether oxygens (including phenoxy) is 2. The van der Waals surface area contributed by atoms with E-state index in [0.717, 1.165) is 54.8 Å². The number of nitrogens with one attached hydrogen (secondary N) is 1. The number of amides is 1. The van der Waals surface area contributed by atoms with E-state index in [9.17, 15) is 9.59 Å². The Kier molecular flexibility index (Phi) is 9.26. The van der Waals surface area contributed by atoms with E-state index in [1.54, 1.807) is 0 Å². The fourth-order valence-electron chi connectivity index (χ4n) is 4.38. The Bertz CT molecular complexity index is 1240. The number of hydrogen-bond donors (Lipinski definition) is 1. The predicted octanol–water partition coefficient (Wildman–Crippen LogP) is 5.85. The average molecular weight is 543 g/mol. The molecule has 198 valence electrons. The maximum absolute atomic E-state index is 12.9. The number of carbonyl (C=O) groups excluding carboxylic acids is 2. The number of benzene rings is 1. The predicted molar refractivity (Wildman–Crippen MR) is 148 cm³/mol. The monoisotopic (exact) mass is 542 g/mol. The van der Waals surface area contributed by atoms with E-state index in [2.05, 4.69) is 29.4 Å². The molecule has 0 fully saturated rings. The molecule has 0 aliphatic heterocycles. The third-order valence-corrected chi connectivity index (χ3v) is 8.54. The van der Waals surface area contributed by atoms with Crippen LogP contribution in [0.4, 0.5) is 5.00 Å². The molecule has 4 rings (SSSR count). The number of methoxy groups -OCH3 is 1. The van der Waals surface area contributed by atoms with Crippen LogP contribution in [0.2, 0.25) is 0 Å². The first-order valence-electron chi connectivity index (χ1n) is 12.8. The van der Waals surface area contributed by atoms with Gasteiger partial charge in [0.1, 0.15) is 10.8 Å². The van der Waals surface area contributed by atoms with Gasteiger partial charge in [-0.3, -0.25) is 4.79 Å². The summed E-state index contributed by atoms with van der Waals surface area (Å²) < 4.78 is 12.8. The molecular weight excluding hydrogens is 508 g/mol. The maximum Gasteiger partial charge on any atom is 0.341 e. The molecule has 0 bridgehead atoms. The summed E-state index contributed by atoms with van der Waals surface area (Å²) in [6, 6.07) is 7.85. The molecule has 8 nitrogen and oxygen atoms in total. The first-order valence-corrected chi connectivity index (χ1v) is 14.6. The Hall–Kier alpha value is -2.85. The van der Waals surface area contributed by atoms with Crippen molar-refractivity contribution in [2.75, 3.05) is 24.8 Å². The van der Waals surface area contributed by atoms with E-state index in [1.165, 1.54) is 35.1 Å². The molecule has 0 saturated heterocycles. The first-order chi connectivity index (χ1) is 17.9. The highest BCUT2D eigenvalue weighted by Gasteiger charge is 2.29. The van der Waals surface area contributed by atoms with Gasteiger partial charge in [-0.05, 0) is 68.4 Å². The van der Waals surface area contributed by atoms with Crippen molar-refractivity contribution in [3.8, 4) is 17.1 Å². The highest BCUT2D eigenvalue weighted by molar-refractivity contribution is 7.99. The molecule has 2 heterocycles. The van der Waals surface area contributed by atoms with E-state index in [1.807, 2.05) is 35.8 Å². The number of fused-ring (bicyclic) bond motifs is 1. The number of thiophene rings is 1. The van der Waals surface area contributed by atoms with E-state index in [0.29, 0.717) is 34.8 Å². The van der Waals surface area contributed by atoms with Gasteiger partial charge in [0, 0.05) is 17.0 Å². The summed E-state index contributed by atoms with van der Waals surface area (Å²) in [7, 11) is 1.38. The lowest BCUT2D eigenvalue weighted by molar-refractivity contribution is -0.113. The summed E-state index contributed by atoms with van der Waals surface area (Å²) in [4.78, 5) is 26.6. The van der Waals surface area contributed by atoms with Crippen LogP contribution in [0, 0.1) is 5.92 Å². The molecule has 3 aromatic rings. The molecule has 2 aromatic heterocycles. The Morgan fingerprint density at radius 2 is 2.00 bits per heavy atom. The zero-order chi connectivity index (χ0) is 26.4. The van der Waals surface area contributed by atoms with Gasteiger partial charge in [-0.2, -0.15) is 0 Å². The van der Waals surface area contributed by atoms with Crippen molar-refractivity contribution in [2.45, 2.75) is 64.6 Å². The summed E-state index contributed by atoms with van der Waals surface area (Å²) in [5, 5.41) is 12.9. The Morgan fingerprint density at radius 1 is 1.22 bits per heavy atom. The minimum atomic E-state index is -0.396. The molecule has 1 amide bonds. The van der Waals surface area contributed by atoms with Crippen LogP contribution in [0.1, 0.15) is 60.8 Å². The van der Waals surface area contributed by atoms with Crippen LogP contribution in [-0.2, 0) is 28.9 Å². The number of anilines is 1. The lowest BCUT2D eigenvalue weighted by Crippen LogP contribution is -2.17.